The van der Waals surface area contributed by atoms with E-state index < -0.39 is 26.3 Å². The molecule has 1 aromatic heterocycles. The van der Waals surface area contributed by atoms with E-state index in [1.165, 1.54) is 24.4 Å². The molecule has 0 radical (unpaired) electrons. The average molecular weight is 427 g/mol. The highest BCUT2D eigenvalue weighted by molar-refractivity contribution is 7.93. The van der Waals surface area contributed by atoms with Crippen LogP contribution in [0.4, 0.5) is 5.82 Å². The van der Waals surface area contributed by atoms with Crippen LogP contribution in [0.5, 0.6) is 0 Å². The van der Waals surface area contributed by atoms with Crippen molar-refractivity contribution in [3.8, 4) is 0 Å². The normalized spacial score (nSPS) is 27.6. The van der Waals surface area contributed by atoms with Crippen molar-refractivity contribution in [3.05, 3.63) is 29.1 Å². The van der Waals surface area contributed by atoms with Gasteiger partial charge in [0.05, 0.1) is 6.21 Å². The molecule has 9 nitrogen and oxygen atoms in total. The van der Waals surface area contributed by atoms with E-state index in [1.807, 2.05) is 20.8 Å². The lowest BCUT2D eigenvalue weighted by atomic mass is 9.97. The number of rotatable bonds is 4. The van der Waals surface area contributed by atoms with Crippen molar-refractivity contribution >= 4 is 39.4 Å². The van der Waals surface area contributed by atoms with Gasteiger partial charge in [-0.25, -0.2) is 18.4 Å². The third kappa shape index (κ3) is 3.15. The third-order valence-corrected chi connectivity index (χ3v) is 7.30. The molecule has 3 rings (SSSR count). The van der Waals surface area contributed by atoms with Crippen molar-refractivity contribution < 1.29 is 13.2 Å². The molecule has 28 heavy (non-hydrogen) atoms. The first-order valence-electron chi connectivity index (χ1n) is 8.68. The van der Waals surface area contributed by atoms with E-state index in [-0.39, 0.29) is 27.6 Å². The number of pyridine rings is 1. The van der Waals surface area contributed by atoms with Crippen molar-refractivity contribution in [1.82, 2.24) is 15.2 Å². The maximum Gasteiger partial charge on any atom is 0.270 e. The van der Waals surface area contributed by atoms with Gasteiger partial charge in [0.15, 0.2) is 10.7 Å². The van der Waals surface area contributed by atoms with Crippen LogP contribution in [0.2, 0.25) is 0 Å². The molecule has 0 aliphatic carbocycles. The molecule has 0 aromatic carbocycles. The van der Waals surface area contributed by atoms with Crippen molar-refractivity contribution in [2.75, 3.05) is 12.3 Å². The minimum Gasteiger partial charge on any atom is -0.384 e. The van der Waals surface area contributed by atoms with E-state index in [0.717, 1.165) is 6.42 Å². The standard InChI is InChI=1S/C17H23ClN6O3S/c1-10-7-16(2,3)24(8-10)17(9-21-13(15(20)25)14(18)23-17)28(26,27)12-6-4-5-11(19)22-12/h4-6,9-10,23H,7-8H2,1-3H3,(H2,19,22)(H2,20,25). The zero-order valence-electron chi connectivity index (χ0n) is 15.8. The smallest absolute Gasteiger partial charge is 0.270 e. The summed E-state index contributed by atoms with van der Waals surface area (Å²) in [5.41, 5.74) is 10.2. The quantitative estimate of drug-likeness (QED) is 0.603. The van der Waals surface area contributed by atoms with E-state index in [1.54, 1.807) is 4.90 Å². The second-order valence-electron chi connectivity index (χ2n) is 7.74. The van der Waals surface area contributed by atoms with E-state index in [2.05, 4.69) is 15.3 Å². The number of nitrogens with zero attached hydrogens (tertiary/aromatic N) is 3. The summed E-state index contributed by atoms with van der Waals surface area (Å²) >= 11 is 6.21. The average Bonchev–Trinajstić information content (AvgIpc) is 2.86. The number of hydrogen-bond donors (Lipinski definition) is 3. The molecule has 5 N–H and O–H groups in total. The summed E-state index contributed by atoms with van der Waals surface area (Å²) in [4.78, 5) is 19.5. The summed E-state index contributed by atoms with van der Waals surface area (Å²) in [6.07, 6.45) is 1.92. The third-order valence-electron chi connectivity index (χ3n) is 5.00. The van der Waals surface area contributed by atoms with Gasteiger partial charge < -0.3 is 16.8 Å². The van der Waals surface area contributed by atoms with Gasteiger partial charge in [0.1, 0.15) is 11.0 Å². The molecule has 0 saturated carbocycles. The molecule has 1 amide bonds. The molecule has 0 bridgehead atoms. The van der Waals surface area contributed by atoms with Crippen LogP contribution in [-0.4, -0.2) is 47.5 Å². The first-order chi connectivity index (χ1) is 12.9. The van der Waals surface area contributed by atoms with Gasteiger partial charge in [0.2, 0.25) is 14.8 Å². The Balaban J connectivity index is 2.23. The molecular formula is C17H23ClN6O3S. The Labute approximate surface area is 168 Å². The lowest BCUT2D eigenvalue weighted by molar-refractivity contribution is -0.114. The number of primary amides is 1. The molecule has 2 aliphatic heterocycles. The number of carbonyl (C=O) groups excluding carboxylic acids is 1. The topological polar surface area (TPSA) is 144 Å². The number of hydrogen-bond acceptors (Lipinski definition) is 8. The van der Waals surface area contributed by atoms with Crippen LogP contribution >= 0.6 is 11.6 Å². The highest BCUT2D eigenvalue weighted by Gasteiger charge is 2.58. The van der Waals surface area contributed by atoms with Crippen LogP contribution in [0.1, 0.15) is 27.2 Å². The van der Waals surface area contributed by atoms with Crippen LogP contribution in [0, 0.1) is 5.92 Å². The highest BCUT2D eigenvalue weighted by Crippen LogP contribution is 2.42. The monoisotopic (exact) mass is 426 g/mol. The number of halogens is 1. The molecule has 1 fully saturated rings. The molecular weight excluding hydrogens is 404 g/mol. The number of aliphatic imine (C=N–C) groups is 1. The number of anilines is 1. The van der Waals surface area contributed by atoms with E-state index in [0.29, 0.717) is 6.54 Å². The molecule has 2 aliphatic rings. The number of carbonyl (C=O) groups is 1. The maximum atomic E-state index is 13.8. The van der Waals surface area contributed by atoms with Crippen molar-refractivity contribution in [3.63, 3.8) is 0 Å². The first-order valence-corrected chi connectivity index (χ1v) is 10.5. The van der Waals surface area contributed by atoms with E-state index in [9.17, 15) is 13.2 Å². The fraction of sp³-hybridized carbons (Fsp3) is 0.471. The lowest BCUT2D eigenvalue weighted by Gasteiger charge is -2.46. The second kappa shape index (κ2) is 6.71. The number of nitrogens with one attached hydrogen (secondary N) is 1. The van der Waals surface area contributed by atoms with Gasteiger partial charge in [0.25, 0.3) is 5.91 Å². The van der Waals surface area contributed by atoms with Crippen LogP contribution in [0.15, 0.2) is 39.1 Å². The second-order valence-corrected chi connectivity index (χ2v) is 10.2. The van der Waals surface area contributed by atoms with Gasteiger partial charge >= 0.3 is 0 Å². The Bertz CT molecular complexity index is 990. The van der Waals surface area contributed by atoms with E-state index in [4.69, 9.17) is 23.1 Å². The Morgan fingerprint density at radius 1 is 1.39 bits per heavy atom. The molecule has 1 aromatic rings. The van der Waals surface area contributed by atoms with Gasteiger partial charge in [0, 0.05) is 12.1 Å². The number of amides is 1. The first kappa shape index (κ1) is 20.6. The highest BCUT2D eigenvalue weighted by atomic mass is 35.5. The number of nitrogens with two attached hydrogens (primary N) is 2. The number of sulfone groups is 1. The molecule has 0 spiro atoms. The summed E-state index contributed by atoms with van der Waals surface area (Å²) in [6, 6.07) is 4.36. The van der Waals surface area contributed by atoms with Gasteiger partial charge in [-0.05, 0) is 38.3 Å². The summed E-state index contributed by atoms with van der Waals surface area (Å²) in [7, 11) is -4.20. The lowest BCUT2D eigenvalue weighted by Crippen LogP contribution is -2.68. The minimum absolute atomic E-state index is 0.0671. The largest absolute Gasteiger partial charge is 0.384 e. The fourth-order valence-electron chi connectivity index (χ4n) is 3.96. The number of likely N-dealkylation sites (tertiary alicyclic amines) is 1. The Hall–Kier alpha value is -2.17. The number of aromatic nitrogens is 1. The van der Waals surface area contributed by atoms with Crippen molar-refractivity contribution in [1.29, 1.82) is 0 Å². The molecule has 1 saturated heterocycles. The molecule has 152 valence electrons. The Kier molecular flexibility index (Phi) is 4.93. The van der Waals surface area contributed by atoms with Crippen LogP contribution in [0.3, 0.4) is 0 Å². The van der Waals surface area contributed by atoms with Crippen LogP contribution in [0.25, 0.3) is 0 Å². The molecule has 11 heteroatoms. The predicted octanol–water partition coefficient (Wildman–Crippen LogP) is 0.779. The fourth-order valence-corrected chi connectivity index (χ4v) is 6.14. The van der Waals surface area contributed by atoms with E-state index >= 15 is 0 Å². The number of nitrogen functional groups attached to an aromatic ring is 1. The molecule has 2 unspecified atom stereocenters. The van der Waals surface area contributed by atoms with Gasteiger partial charge in [-0.3, -0.25) is 9.69 Å². The molecule has 3 heterocycles. The SMILES string of the molecule is CC1CN(C2(S(=O)(=O)c3cccc(N)n3)C=NC(C(N)=O)=C(Cl)N2)C(C)(C)C1. The van der Waals surface area contributed by atoms with Gasteiger partial charge in [-0.15, -0.1) is 0 Å². The maximum absolute atomic E-state index is 13.8. The van der Waals surface area contributed by atoms with Crippen molar-refractivity contribution in [2.45, 2.75) is 42.8 Å². The van der Waals surface area contributed by atoms with Crippen LogP contribution < -0.4 is 16.8 Å². The summed E-state index contributed by atoms with van der Waals surface area (Å²) in [6.45, 7) is 6.38. The van der Waals surface area contributed by atoms with Crippen molar-refractivity contribution in [2.24, 2.45) is 16.6 Å². The Morgan fingerprint density at radius 2 is 2.07 bits per heavy atom. The zero-order valence-corrected chi connectivity index (χ0v) is 17.4. The Morgan fingerprint density at radius 3 is 2.57 bits per heavy atom. The van der Waals surface area contributed by atoms with Gasteiger partial charge in [-0.1, -0.05) is 24.6 Å². The molecule has 2 atom stereocenters. The van der Waals surface area contributed by atoms with Crippen LogP contribution in [-0.2, 0) is 14.6 Å². The summed E-state index contributed by atoms with van der Waals surface area (Å²) in [5.74, 6) is -0.570. The minimum atomic E-state index is -4.20. The zero-order chi connectivity index (χ0) is 20.9. The van der Waals surface area contributed by atoms with Gasteiger partial charge in [-0.2, -0.15) is 0 Å². The summed E-state index contributed by atoms with van der Waals surface area (Å²) in [5, 5.41) is 2.32. The summed E-state index contributed by atoms with van der Waals surface area (Å²) < 4.78 is 27.5. The predicted molar refractivity (Wildman–Crippen MR) is 107 cm³/mol.